The van der Waals surface area contributed by atoms with Crippen molar-refractivity contribution in [3.05, 3.63) is 144 Å². The Bertz CT molecular complexity index is 1920. The van der Waals surface area contributed by atoms with Crippen LogP contribution in [-0.2, 0) is 31.1 Å². The van der Waals surface area contributed by atoms with Crippen LogP contribution in [0.5, 0.6) is 28.7 Å². The Morgan fingerprint density at radius 1 is 0.388 bits per heavy atom. The predicted octanol–water partition coefficient (Wildman–Crippen LogP) is 9.73. The van der Waals surface area contributed by atoms with Gasteiger partial charge in [-0.1, -0.05) is 81.4 Å². The number of benzene rings is 5. The fourth-order valence-electron chi connectivity index (χ4n) is 7.18. The van der Waals surface area contributed by atoms with E-state index >= 15 is 0 Å². The number of aryl methyl sites for hydroxylation is 7. The first kappa shape index (κ1) is 35.4. The van der Waals surface area contributed by atoms with E-state index in [1.54, 1.807) is 0 Å². The molecule has 0 fully saturated rings. The minimum absolute atomic E-state index is 0.241. The van der Waals surface area contributed by atoms with Gasteiger partial charge < -0.3 is 25.5 Å². The lowest BCUT2D eigenvalue weighted by Gasteiger charge is -2.30. The molecule has 0 bridgehead atoms. The van der Waals surface area contributed by atoms with Crippen LogP contribution in [0, 0.1) is 41.5 Å². The smallest absolute Gasteiger partial charge is 0.122 e. The molecule has 0 saturated carbocycles. The van der Waals surface area contributed by atoms with E-state index in [4.69, 9.17) is 0 Å². The zero-order valence-electron chi connectivity index (χ0n) is 30.3. The first-order valence-electron chi connectivity index (χ1n) is 17.1. The topological polar surface area (TPSA) is 101 Å². The Morgan fingerprint density at radius 3 is 0.898 bits per heavy atom. The van der Waals surface area contributed by atoms with Gasteiger partial charge in [0.25, 0.3) is 0 Å². The highest BCUT2D eigenvalue weighted by Crippen LogP contribution is 2.41. The van der Waals surface area contributed by atoms with Crippen LogP contribution in [0.2, 0.25) is 0 Å². The molecule has 0 aromatic heterocycles. The molecule has 0 radical (unpaired) electrons. The van der Waals surface area contributed by atoms with Gasteiger partial charge in [0.1, 0.15) is 28.7 Å². The number of rotatable bonds is 9. The van der Waals surface area contributed by atoms with Crippen molar-refractivity contribution in [2.24, 2.45) is 0 Å². The van der Waals surface area contributed by atoms with Crippen molar-refractivity contribution in [1.82, 2.24) is 0 Å². The summed E-state index contributed by atoms with van der Waals surface area (Å²) < 4.78 is 0. The van der Waals surface area contributed by atoms with Gasteiger partial charge in [-0.3, -0.25) is 0 Å². The lowest BCUT2D eigenvalue weighted by Crippen LogP contribution is -2.21. The maximum absolute atomic E-state index is 11.8. The summed E-state index contributed by atoms with van der Waals surface area (Å²) in [6.45, 7) is 17.8. The van der Waals surface area contributed by atoms with Crippen LogP contribution < -0.4 is 0 Å². The molecule has 0 atom stereocenters. The third-order valence-corrected chi connectivity index (χ3v) is 10.2. The van der Waals surface area contributed by atoms with Gasteiger partial charge in [-0.05, 0) is 131 Å². The van der Waals surface area contributed by atoms with Crippen LogP contribution in [-0.4, -0.2) is 25.5 Å². The van der Waals surface area contributed by atoms with E-state index in [0.717, 1.165) is 83.5 Å². The van der Waals surface area contributed by atoms with Gasteiger partial charge in [0, 0.05) is 24.7 Å². The Morgan fingerprint density at radius 2 is 0.633 bits per heavy atom. The summed E-state index contributed by atoms with van der Waals surface area (Å²) in [5.74, 6) is 1.41. The van der Waals surface area contributed by atoms with E-state index < -0.39 is 5.41 Å². The molecule has 5 aromatic rings. The third kappa shape index (κ3) is 7.12. The third-order valence-electron chi connectivity index (χ3n) is 10.2. The number of phenolic OH excluding ortho intramolecular Hbond substituents is 5. The average Bonchev–Trinajstić information content (AvgIpc) is 3.03. The van der Waals surface area contributed by atoms with Crippen molar-refractivity contribution in [2.45, 2.75) is 93.4 Å². The molecule has 5 aromatic carbocycles. The quantitative estimate of drug-likeness (QED) is 0.109. The van der Waals surface area contributed by atoms with Gasteiger partial charge in [-0.15, -0.1) is 0 Å². The van der Waals surface area contributed by atoms with E-state index in [9.17, 15) is 25.5 Å². The molecule has 5 rings (SSSR count). The predicted molar refractivity (Wildman–Crippen MR) is 199 cm³/mol. The molecule has 0 heterocycles. The minimum atomic E-state index is -0.508. The second kappa shape index (κ2) is 13.5. The maximum atomic E-state index is 11.8. The summed E-state index contributed by atoms with van der Waals surface area (Å²) in [6, 6.07) is 20.2. The molecular weight excluding hydrogens is 608 g/mol. The SMILES string of the molecule is CCc1cc(C(C)(C)c2cc(Cc3cc(C)c(O)c(C)c3)c(O)c(Cc3cc(C)c(O)c(C)c3)c2)cc(Cc2cc(C)c(O)c(C)c2)c1O. The summed E-state index contributed by atoms with van der Waals surface area (Å²) in [5, 5.41) is 54.4. The molecule has 0 amide bonds. The Labute approximate surface area is 291 Å². The molecule has 0 saturated heterocycles. The van der Waals surface area contributed by atoms with Crippen LogP contribution in [0.25, 0.3) is 0 Å². The first-order valence-corrected chi connectivity index (χ1v) is 17.1. The van der Waals surface area contributed by atoms with Crippen LogP contribution in [0.3, 0.4) is 0 Å². The molecule has 0 spiro atoms. The standard InChI is InChI=1S/C44H50O5/c1-10-33-20-37(21-34(42(33)48)17-30-11-24(2)39(45)25(3)12-30)44(8,9)38-22-35(18-31-13-26(4)40(46)27(5)14-31)43(49)36(23-38)19-32-15-28(6)41(47)29(7)16-32/h11-16,20-23,45-49H,10,17-19H2,1-9H3. The minimum Gasteiger partial charge on any atom is -0.507 e. The highest BCUT2D eigenvalue weighted by atomic mass is 16.3. The fourth-order valence-corrected chi connectivity index (χ4v) is 7.18. The van der Waals surface area contributed by atoms with Gasteiger partial charge in [0.2, 0.25) is 0 Å². The van der Waals surface area contributed by atoms with Gasteiger partial charge in [-0.25, -0.2) is 0 Å². The zero-order valence-corrected chi connectivity index (χ0v) is 30.3. The molecule has 0 aliphatic carbocycles. The summed E-state index contributed by atoms with van der Waals surface area (Å²) in [7, 11) is 0. The molecule has 0 aliphatic heterocycles. The van der Waals surface area contributed by atoms with E-state index in [2.05, 4.69) is 38.1 Å². The second-order valence-corrected chi connectivity index (χ2v) is 14.5. The van der Waals surface area contributed by atoms with Crippen molar-refractivity contribution in [3.63, 3.8) is 0 Å². The summed E-state index contributed by atoms with van der Waals surface area (Å²) in [4.78, 5) is 0. The van der Waals surface area contributed by atoms with Crippen molar-refractivity contribution in [1.29, 1.82) is 0 Å². The fraction of sp³-hybridized carbons (Fsp3) is 0.318. The molecule has 0 unspecified atom stereocenters. The summed E-state index contributed by atoms with van der Waals surface area (Å²) in [5.41, 5.74) is 12.7. The van der Waals surface area contributed by atoms with E-state index in [0.29, 0.717) is 37.2 Å². The van der Waals surface area contributed by atoms with Crippen LogP contribution in [0.1, 0.15) is 104 Å². The van der Waals surface area contributed by atoms with Crippen LogP contribution >= 0.6 is 0 Å². The Balaban J connectivity index is 1.65. The lowest BCUT2D eigenvalue weighted by atomic mass is 9.74. The highest BCUT2D eigenvalue weighted by Gasteiger charge is 2.28. The van der Waals surface area contributed by atoms with Crippen LogP contribution in [0.15, 0.2) is 60.7 Å². The number of phenols is 5. The van der Waals surface area contributed by atoms with E-state index in [1.165, 1.54) is 0 Å². The summed E-state index contributed by atoms with van der Waals surface area (Å²) in [6.07, 6.45) is 2.16. The second-order valence-electron chi connectivity index (χ2n) is 14.5. The van der Waals surface area contributed by atoms with Gasteiger partial charge >= 0.3 is 0 Å². The van der Waals surface area contributed by atoms with Crippen molar-refractivity contribution in [2.75, 3.05) is 0 Å². The Hall–Kier alpha value is -4.90. The van der Waals surface area contributed by atoms with Crippen molar-refractivity contribution in [3.8, 4) is 28.7 Å². The molecule has 5 N–H and O–H groups in total. The summed E-state index contributed by atoms with van der Waals surface area (Å²) >= 11 is 0. The monoisotopic (exact) mass is 658 g/mol. The molecular formula is C44H50O5. The Kier molecular flexibility index (Phi) is 9.79. The molecule has 5 nitrogen and oxygen atoms in total. The molecule has 5 heteroatoms. The number of hydrogen-bond donors (Lipinski definition) is 5. The van der Waals surface area contributed by atoms with Crippen molar-refractivity contribution < 1.29 is 25.5 Å². The number of aromatic hydroxyl groups is 5. The lowest BCUT2D eigenvalue weighted by molar-refractivity contribution is 0.461. The first-order chi connectivity index (χ1) is 23.0. The van der Waals surface area contributed by atoms with Gasteiger partial charge in [-0.2, -0.15) is 0 Å². The molecule has 0 aliphatic rings. The maximum Gasteiger partial charge on any atom is 0.122 e. The zero-order chi connectivity index (χ0) is 35.9. The van der Waals surface area contributed by atoms with E-state index in [-0.39, 0.29) is 17.2 Å². The molecule has 49 heavy (non-hydrogen) atoms. The van der Waals surface area contributed by atoms with Crippen LogP contribution in [0.4, 0.5) is 0 Å². The highest BCUT2D eigenvalue weighted by molar-refractivity contribution is 5.56. The van der Waals surface area contributed by atoms with Crippen molar-refractivity contribution >= 4 is 0 Å². The van der Waals surface area contributed by atoms with E-state index in [1.807, 2.05) is 84.9 Å². The largest absolute Gasteiger partial charge is 0.507 e. The number of hydrogen-bond acceptors (Lipinski definition) is 5. The molecule has 256 valence electrons. The van der Waals surface area contributed by atoms with Gasteiger partial charge in [0.05, 0.1) is 0 Å². The average molecular weight is 659 g/mol. The van der Waals surface area contributed by atoms with Gasteiger partial charge in [0.15, 0.2) is 0 Å². The normalized spacial score (nSPS) is 11.7.